The second-order valence-electron chi connectivity index (χ2n) is 6.53. The van der Waals surface area contributed by atoms with Crippen LogP contribution in [0.5, 0.6) is 0 Å². The van der Waals surface area contributed by atoms with Crippen molar-refractivity contribution in [1.29, 1.82) is 0 Å². The summed E-state index contributed by atoms with van der Waals surface area (Å²) in [6, 6.07) is 5.04. The molecule has 144 valence electrons. The highest BCUT2D eigenvalue weighted by atomic mass is 32.1. The third-order valence-electron chi connectivity index (χ3n) is 4.26. The molecular formula is C18H19N7O2S. The van der Waals surface area contributed by atoms with Gasteiger partial charge in [0, 0.05) is 24.3 Å². The predicted molar refractivity (Wildman–Crippen MR) is 109 cm³/mol. The minimum absolute atomic E-state index is 0.0636. The summed E-state index contributed by atoms with van der Waals surface area (Å²) in [4.78, 5) is 30.3. The van der Waals surface area contributed by atoms with E-state index in [0.717, 1.165) is 10.4 Å². The van der Waals surface area contributed by atoms with Crippen LogP contribution >= 0.6 is 11.3 Å². The maximum atomic E-state index is 13.2. The summed E-state index contributed by atoms with van der Waals surface area (Å²) in [6.07, 6.45) is 3.42. The molecule has 4 aromatic rings. The van der Waals surface area contributed by atoms with E-state index in [0.29, 0.717) is 28.4 Å². The number of hydrogen-bond acceptors (Lipinski definition) is 6. The number of urea groups is 1. The van der Waals surface area contributed by atoms with E-state index in [1.54, 1.807) is 21.4 Å². The fourth-order valence-electron chi connectivity index (χ4n) is 3.03. The lowest BCUT2D eigenvalue weighted by atomic mass is 10.1. The van der Waals surface area contributed by atoms with Crippen LogP contribution in [-0.4, -0.2) is 36.7 Å². The van der Waals surface area contributed by atoms with Crippen LogP contribution in [0.1, 0.15) is 26.8 Å². The molecule has 10 heteroatoms. The fourth-order valence-corrected chi connectivity index (χ4v) is 4.10. The number of thiazole rings is 1. The summed E-state index contributed by atoms with van der Waals surface area (Å²) >= 11 is 1.28. The molecule has 0 saturated heterocycles. The highest BCUT2D eigenvalue weighted by Gasteiger charge is 2.18. The zero-order valence-electron chi connectivity index (χ0n) is 15.6. The van der Waals surface area contributed by atoms with E-state index in [2.05, 4.69) is 25.8 Å². The standard InChI is InChI=1S/C18H19N7O2S/c1-4-19-17(27)22-18-21-13-7-12(15(26)25(10(2)3)16(13)28-18)11-5-6-14-23-20-9-24(14)8-11/h5-10H,4H2,1-3H3,(H2,19,21,22,27). The average molecular weight is 397 g/mol. The van der Waals surface area contributed by atoms with E-state index < -0.39 is 0 Å². The minimum atomic E-state index is -0.321. The van der Waals surface area contributed by atoms with Gasteiger partial charge in [-0.3, -0.25) is 19.1 Å². The van der Waals surface area contributed by atoms with E-state index in [1.807, 2.05) is 39.1 Å². The van der Waals surface area contributed by atoms with Crippen LogP contribution in [0.2, 0.25) is 0 Å². The van der Waals surface area contributed by atoms with Crippen LogP contribution in [-0.2, 0) is 0 Å². The Kier molecular flexibility index (Phi) is 4.55. The van der Waals surface area contributed by atoms with Crippen LogP contribution < -0.4 is 16.2 Å². The van der Waals surface area contributed by atoms with Crippen LogP contribution in [0.3, 0.4) is 0 Å². The molecule has 0 radical (unpaired) electrons. The maximum absolute atomic E-state index is 13.2. The number of rotatable bonds is 4. The third kappa shape index (κ3) is 3.11. The van der Waals surface area contributed by atoms with Crippen LogP contribution in [0.25, 0.3) is 27.1 Å². The second kappa shape index (κ2) is 7.04. The number of nitrogens with zero attached hydrogens (tertiary/aromatic N) is 5. The number of amides is 2. The van der Waals surface area contributed by atoms with Crippen molar-refractivity contribution >= 4 is 38.5 Å². The van der Waals surface area contributed by atoms with E-state index >= 15 is 0 Å². The molecule has 28 heavy (non-hydrogen) atoms. The number of nitrogens with one attached hydrogen (secondary N) is 2. The molecular weight excluding hydrogens is 378 g/mol. The zero-order valence-corrected chi connectivity index (χ0v) is 16.4. The van der Waals surface area contributed by atoms with Crippen molar-refractivity contribution in [2.24, 2.45) is 0 Å². The summed E-state index contributed by atoms with van der Waals surface area (Å²) < 4.78 is 3.48. The Balaban J connectivity index is 1.88. The van der Waals surface area contributed by atoms with E-state index in [9.17, 15) is 9.59 Å². The molecule has 4 heterocycles. The monoisotopic (exact) mass is 397 g/mol. The highest BCUT2D eigenvalue weighted by Crippen LogP contribution is 2.30. The number of hydrogen-bond donors (Lipinski definition) is 2. The number of anilines is 1. The fraction of sp³-hybridized carbons (Fsp3) is 0.278. The Morgan fingerprint density at radius 1 is 1.32 bits per heavy atom. The van der Waals surface area contributed by atoms with Gasteiger partial charge in [0.05, 0.1) is 5.56 Å². The molecule has 0 unspecified atom stereocenters. The highest BCUT2D eigenvalue weighted by molar-refractivity contribution is 7.22. The number of pyridine rings is 2. The first-order valence-corrected chi connectivity index (χ1v) is 9.70. The van der Waals surface area contributed by atoms with Crippen LogP contribution in [0, 0.1) is 0 Å². The molecule has 4 aromatic heterocycles. The summed E-state index contributed by atoms with van der Waals surface area (Å²) in [5.74, 6) is 0. The SMILES string of the molecule is CCNC(=O)Nc1nc2cc(-c3ccc4nncn4c3)c(=O)n(C(C)C)c2s1. The summed E-state index contributed by atoms with van der Waals surface area (Å²) in [5.41, 5.74) is 2.54. The van der Waals surface area contributed by atoms with Crippen LogP contribution in [0.15, 0.2) is 35.5 Å². The Morgan fingerprint density at radius 3 is 2.89 bits per heavy atom. The first-order chi connectivity index (χ1) is 13.5. The van der Waals surface area contributed by atoms with Gasteiger partial charge in [0.2, 0.25) is 0 Å². The molecule has 0 atom stereocenters. The van der Waals surface area contributed by atoms with Gasteiger partial charge < -0.3 is 5.32 Å². The van der Waals surface area contributed by atoms with Crippen molar-refractivity contribution in [1.82, 2.24) is 29.5 Å². The number of aromatic nitrogens is 5. The molecule has 0 aliphatic carbocycles. The largest absolute Gasteiger partial charge is 0.338 e. The molecule has 0 saturated carbocycles. The van der Waals surface area contributed by atoms with Crippen molar-refractivity contribution in [3.8, 4) is 11.1 Å². The van der Waals surface area contributed by atoms with Crippen molar-refractivity contribution < 1.29 is 4.79 Å². The van der Waals surface area contributed by atoms with Gasteiger partial charge in [-0.15, -0.1) is 10.2 Å². The number of carbonyl (C=O) groups excluding carboxylic acids is 1. The molecule has 0 aliphatic rings. The predicted octanol–water partition coefficient (Wildman–Crippen LogP) is 2.89. The molecule has 2 N–H and O–H groups in total. The van der Waals surface area contributed by atoms with Crippen molar-refractivity contribution in [3.05, 3.63) is 41.1 Å². The number of fused-ring (bicyclic) bond motifs is 2. The van der Waals surface area contributed by atoms with Gasteiger partial charge in [-0.1, -0.05) is 11.3 Å². The van der Waals surface area contributed by atoms with Gasteiger partial charge in [0.15, 0.2) is 10.8 Å². The third-order valence-corrected chi connectivity index (χ3v) is 5.25. The number of carbonyl (C=O) groups is 1. The molecule has 0 spiro atoms. The average Bonchev–Trinajstić information content (AvgIpc) is 3.26. The molecule has 9 nitrogen and oxygen atoms in total. The lowest BCUT2D eigenvalue weighted by Gasteiger charge is -2.13. The molecule has 0 aliphatic heterocycles. The Labute approximate surface area is 164 Å². The smallest absolute Gasteiger partial charge is 0.321 e. The molecule has 0 aromatic carbocycles. The Bertz CT molecular complexity index is 1240. The lowest BCUT2D eigenvalue weighted by Crippen LogP contribution is -2.28. The van der Waals surface area contributed by atoms with Crippen molar-refractivity contribution in [3.63, 3.8) is 0 Å². The minimum Gasteiger partial charge on any atom is -0.338 e. The van der Waals surface area contributed by atoms with Gasteiger partial charge in [-0.05, 0) is 39.0 Å². The van der Waals surface area contributed by atoms with Gasteiger partial charge in [0.25, 0.3) is 5.56 Å². The second-order valence-corrected chi connectivity index (χ2v) is 7.51. The van der Waals surface area contributed by atoms with Crippen LogP contribution in [0.4, 0.5) is 9.93 Å². The van der Waals surface area contributed by atoms with Crippen molar-refractivity contribution in [2.45, 2.75) is 26.8 Å². The quantitative estimate of drug-likeness (QED) is 0.551. The van der Waals surface area contributed by atoms with Gasteiger partial charge in [0.1, 0.15) is 16.7 Å². The summed E-state index contributed by atoms with van der Waals surface area (Å²) in [5, 5.41) is 13.7. The molecule has 0 fully saturated rings. The van der Waals surface area contributed by atoms with Gasteiger partial charge in [-0.2, -0.15) is 0 Å². The van der Waals surface area contributed by atoms with E-state index in [-0.39, 0.29) is 17.6 Å². The Morgan fingerprint density at radius 2 is 2.14 bits per heavy atom. The Hall–Kier alpha value is -3.27. The van der Waals surface area contributed by atoms with Gasteiger partial charge in [-0.25, -0.2) is 9.78 Å². The normalized spacial score (nSPS) is 11.4. The van der Waals surface area contributed by atoms with E-state index in [1.165, 1.54) is 11.3 Å². The maximum Gasteiger partial charge on any atom is 0.321 e. The molecule has 2 amide bonds. The van der Waals surface area contributed by atoms with E-state index in [4.69, 9.17) is 0 Å². The zero-order chi connectivity index (χ0) is 19.8. The van der Waals surface area contributed by atoms with Crippen molar-refractivity contribution in [2.75, 3.05) is 11.9 Å². The topological polar surface area (TPSA) is 106 Å². The molecule has 0 bridgehead atoms. The first kappa shape index (κ1) is 18.1. The summed E-state index contributed by atoms with van der Waals surface area (Å²) in [7, 11) is 0. The lowest BCUT2D eigenvalue weighted by molar-refractivity contribution is 0.252. The molecule has 4 rings (SSSR count). The first-order valence-electron chi connectivity index (χ1n) is 8.88. The summed E-state index contributed by atoms with van der Waals surface area (Å²) in [6.45, 7) is 6.25. The van der Waals surface area contributed by atoms with Gasteiger partial charge >= 0.3 is 6.03 Å².